The molecular formula is C19H19ClN6. The third kappa shape index (κ3) is 3.86. The quantitative estimate of drug-likeness (QED) is 0.761. The zero-order valence-corrected chi connectivity index (χ0v) is 15.0. The van der Waals surface area contributed by atoms with E-state index >= 15 is 0 Å². The molecule has 0 atom stereocenters. The molecule has 2 aromatic carbocycles. The molecule has 1 saturated heterocycles. The Morgan fingerprint density at radius 3 is 2.27 bits per heavy atom. The first-order valence-corrected chi connectivity index (χ1v) is 8.93. The van der Waals surface area contributed by atoms with E-state index in [2.05, 4.69) is 54.6 Å². The molecule has 1 aromatic heterocycles. The monoisotopic (exact) mass is 366 g/mol. The number of halogens is 1. The Bertz CT molecular complexity index is 847. The van der Waals surface area contributed by atoms with Gasteiger partial charge in [0.2, 0.25) is 5.95 Å². The maximum atomic E-state index is 5.92. The maximum absolute atomic E-state index is 5.92. The fourth-order valence-corrected chi connectivity index (χ4v) is 3.10. The molecule has 0 saturated carbocycles. The van der Waals surface area contributed by atoms with Crippen LogP contribution < -0.4 is 15.1 Å². The van der Waals surface area contributed by atoms with Gasteiger partial charge in [-0.05, 0) is 36.4 Å². The topological polar surface area (TPSA) is 57.2 Å². The lowest BCUT2D eigenvalue weighted by Gasteiger charge is -2.35. The van der Waals surface area contributed by atoms with E-state index in [4.69, 9.17) is 11.6 Å². The van der Waals surface area contributed by atoms with Gasteiger partial charge in [0, 0.05) is 42.6 Å². The molecule has 3 aromatic rings. The number of nitrogens with zero attached hydrogens (tertiary/aromatic N) is 5. The fourth-order valence-electron chi connectivity index (χ4n) is 2.97. The van der Waals surface area contributed by atoms with Crippen molar-refractivity contribution in [3.63, 3.8) is 0 Å². The van der Waals surface area contributed by atoms with Crippen LogP contribution in [0.1, 0.15) is 0 Å². The Morgan fingerprint density at radius 2 is 1.54 bits per heavy atom. The van der Waals surface area contributed by atoms with Gasteiger partial charge >= 0.3 is 0 Å². The minimum absolute atomic E-state index is 0.650. The lowest BCUT2D eigenvalue weighted by atomic mass is 10.2. The third-order valence-corrected chi connectivity index (χ3v) is 4.60. The number of benzene rings is 2. The Balaban J connectivity index is 1.42. The molecule has 1 aliphatic heterocycles. The average molecular weight is 367 g/mol. The summed E-state index contributed by atoms with van der Waals surface area (Å²) in [5, 5.41) is 12.2. The van der Waals surface area contributed by atoms with Gasteiger partial charge in [-0.25, -0.2) is 0 Å². The molecule has 0 spiro atoms. The van der Waals surface area contributed by atoms with Crippen molar-refractivity contribution in [2.24, 2.45) is 0 Å². The van der Waals surface area contributed by atoms with Crippen LogP contribution in [0.2, 0.25) is 5.02 Å². The second-order valence-corrected chi connectivity index (χ2v) is 6.52. The number of para-hydroxylation sites is 1. The van der Waals surface area contributed by atoms with E-state index in [9.17, 15) is 0 Å². The number of rotatable bonds is 4. The molecule has 0 amide bonds. The highest BCUT2D eigenvalue weighted by Crippen LogP contribution is 2.20. The Hall–Kier alpha value is -2.86. The summed E-state index contributed by atoms with van der Waals surface area (Å²) in [4.78, 5) is 9.14. The molecule has 0 aliphatic carbocycles. The average Bonchev–Trinajstić information content (AvgIpc) is 2.71. The van der Waals surface area contributed by atoms with Gasteiger partial charge in [0.1, 0.15) is 0 Å². The van der Waals surface area contributed by atoms with Crippen LogP contribution >= 0.6 is 11.6 Å². The second-order valence-electron chi connectivity index (χ2n) is 6.08. The van der Waals surface area contributed by atoms with Gasteiger partial charge in [0.05, 0.1) is 6.20 Å². The van der Waals surface area contributed by atoms with Crippen molar-refractivity contribution in [1.29, 1.82) is 0 Å². The van der Waals surface area contributed by atoms with E-state index in [0.717, 1.165) is 31.9 Å². The van der Waals surface area contributed by atoms with E-state index in [-0.39, 0.29) is 0 Å². The van der Waals surface area contributed by atoms with Crippen molar-refractivity contribution < 1.29 is 0 Å². The molecule has 2 heterocycles. The number of piperazine rings is 1. The predicted octanol–water partition coefficient (Wildman–Crippen LogP) is 3.60. The highest BCUT2D eigenvalue weighted by atomic mass is 35.5. The summed E-state index contributed by atoms with van der Waals surface area (Å²) in [7, 11) is 0. The van der Waals surface area contributed by atoms with Crippen LogP contribution in [-0.2, 0) is 0 Å². The molecule has 6 nitrogen and oxygen atoms in total. The zero-order valence-electron chi connectivity index (χ0n) is 14.2. The first-order valence-electron chi connectivity index (χ1n) is 8.55. The first-order chi connectivity index (χ1) is 12.8. The van der Waals surface area contributed by atoms with Crippen LogP contribution in [-0.4, -0.2) is 41.4 Å². The molecule has 7 heteroatoms. The van der Waals surface area contributed by atoms with Crippen LogP contribution in [0, 0.1) is 0 Å². The summed E-state index contributed by atoms with van der Waals surface area (Å²) in [5.74, 6) is 1.32. The van der Waals surface area contributed by atoms with Crippen LogP contribution in [0.4, 0.5) is 23.1 Å². The summed E-state index contributed by atoms with van der Waals surface area (Å²) in [6.07, 6.45) is 1.62. The van der Waals surface area contributed by atoms with Gasteiger partial charge in [0.25, 0.3) is 0 Å². The number of anilines is 4. The van der Waals surface area contributed by atoms with Crippen LogP contribution in [0.15, 0.2) is 60.8 Å². The van der Waals surface area contributed by atoms with Gasteiger partial charge in [-0.1, -0.05) is 29.8 Å². The molecule has 0 bridgehead atoms. The summed E-state index contributed by atoms with van der Waals surface area (Å²) in [6, 6.07) is 17.9. The van der Waals surface area contributed by atoms with Gasteiger partial charge < -0.3 is 15.1 Å². The number of hydrogen-bond donors (Lipinski definition) is 1. The van der Waals surface area contributed by atoms with Crippen molar-refractivity contribution in [3.05, 3.63) is 65.8 Å². The van der Waals surface area contributed by atoms with Crippen LogP contribution in [0.25, 0.3) is 0 Å². The Morgan fingerprint density at radius 1 is 0.846 bits per heavy atom. The lowest BCUT2D eigenvalue weighted by Crippen LogP contribution is -2.47. The normalized spacial score (nSPS) is 14.3. The van der Waals surface area contributed by atoms with Crippen molar-refractivity contribution >= 4 is 34.7 Å². The van der Waals surface area contributed by atoms with Crippen molar-refractivity contribution in [3.8, 4) is 0 Å². The number of nitrogens with one attached hydrogen (secondary N) is 1. The summed E-state index contributed by atoms with van der Waals surface area (Å²) < 4.78 is 0. The van der Waals surface area contributed by atoms with Crippen LogP contribution in [0.5, 0.6) is 0 Å². The summed E-state index contributed by atoms with van der Waals surface area (Å²) in [5.41, 5.74) is 2.17. The second kappa shape index (κ2) is 7.58. The van der Waals surface area contributed by atoms with Gasteiger partial charge in [0.15, 0.2) is 5.82 Å². The van der Waals surface area contributed by atoms with Gasteiger partial charge in [-0.3, -0.25) is 0 Å². The van der Waals surface area contributed by atoms with E-state index in [1.807, 2.05) is 30.3 Å². The lowest BCUT2D eigenvalue weighted by molar-refractivity contribution is 0.635. The first kappa shape index (κ1) is 16.6. The standard InChI is InChI=1S/C19H19ClN6/c20-15-6-8-16(9-7-15)22-18-14-21-24-19(23-18)26-12-10-25(11-13-26)17-4-2-1-3-5-17/h1-9,14H,10-13H2,(H,22,23,24). The molecule has 4 rings (SSSR count). The summed E-state index contributed by atoms with van der Waals surface area (Å²) >= 11 is 5.92. The fraction of sp³-hybridized carbons (Fsp3) is 0.211. The molecule has 132 valence electrons. The molecular weight excluding hydrogens is 348 g/mol. The van der Waals surface area contributed by atoms with Crippen molar-refractivity contribution in [2.45, 2.75) is 0 Å². The predicted molar refractivity (Wildman–Crippen MR) is 105 cm³/mol. The highest BCUT2D eigenvalue weighted by Gasteiger charge is 2.19. The van der Waals surface area contributed by atoms with E-state index < -0.39 is 0 Å². The molecule has 1 N–H and O–H groups in total. The van der Waals surface area contributed by atoms with Gasteiger partial charge in [-0.15, -0.1) is 5.10 Å². The Kier molecular flexibility index (Phi) is 4.84. The maximum Gasteiger partial charge on any atom is 0.247 e. The zero-order chi connectivity index (χ0) is 17.8. The summed E-state index contributed by atoms with van der Waals surface area (Å²) in [6.45, 7) is 3.59. The van der Waals surface area contributed by atoms with E-state index in [1.165, 1.54) is 5.69 Å². The largest absolute Gasteiger partial charge is 0.368 e. The van der Waals surface area contributed by atoms with E-state index in [1.54, 1.807) is 6.20 Å². The van der Waals surface area contributed by atoms with Crippen molar-refractivity contribution in [1.82, 2.24) is 15.2 Å². The molecule has 1 fully saturated rings. The molecule has 1 aliphatic rings. The smallest absolute Gasteiger partial charge is 0.247 e. The molecule has 0 radical (unpaired) electrons. The van der Waals surface area contributed by atoms with Crippen molar-refractivity contribution in [2.75, 3.05) is 41.3 Å². The number of hydrogen-bond acceptors (Lipinski definition) is 6. The highest BCUT2D eigenvalue weighted by molar-refractivity contribution is 6.30. The number of aromatic nitrogens is 3. The third-order valence-electron chi connectivity index (χ3n) is 4.35. The molecule has 26 heavy (non-hydrogen) atoms. The Labute approximate surface area is 157 Å². The van der Waals surface area contributed by atoms with E-state index in [0.29, 0.717) is 16.8 Å². The minimum Gasteiger partial charge on any atom is -0.368 e. The minimum atomic E-state index is 0.650. The van der Waals surface area contributed by atoms with Gasteiger partial charge in [-0.2, -0.15) is 10.1 Å². The van der Waals surface area contributed by atoms with Crippen LogP contribution in [0.3, 0.4) is 0 Å². The SMILES string of the molecule is Clc1ccc(Nc2cnnc(N3CCN(c4ccccc4)CC3)n2)cc1. The molecule has 0 unspecified atom stereocenters.